The second-order valence-corrected chi connectivity index (χ2v) is 5.53. The zero-order valence-corrected chi connectivity index (χ0v) is 12.0. The Morgan fingerprint density at radius 2 is 2.32 bits per heavy atom. The van der Waals surface area contributed by atoms with Crippen LogP contribution in [0.3, 0.4) is 0 Å². The molecule has 0 aromatic carbocycles. The third-order valence-corrected chi connectivity index (χ3v) is 3.15. The van der Waals surface area contributed by atoms with E-state index in [9.17, 15) is 0 Å². The first-order valence-corrected chi connectivity index (χ1v) is 6.94. The van der Waals surface area contributed by atoms with Gasteiger partial charge in [-0.25, -0.2) is 9.97 Å². The van der Waals surface area contributed by atoms with Gasteiger partial charge in [-0.3, -0.25) is 0 Å². The van der Waals surface area contributed by atoms with Crippen LogP contribution in [-0.2, 0) is 4.74 Å². The van der Waals surface area contributed by atoms with Gasteiger partial charge < -0.3 is 14.8 Å². The molecule has 5 heteroatoms. The predicted molar refractivity (Wildman–Crippen MR) is 74.5 cm³/mol. The summed E-state index contributed by atoms with van der Waals surface area (Å²) < 4.78 is 11.2. The number of rotatable bonds is 5. The molecule has 5 nitrogen and oxygen atoms in total. The molecule has 19 heavy (non-hydrogen) atoms. The van der Waals surface area contributed by atoms with Gasteiger partial charge in [-0.05, 0) is 33.1 Å². The number of anilines is 1. The SMILES string of the molecule is CCCOc1cc(NC2CCOC(C)(C)C2)ncn1. The van der Waals surface area contributed by atoms with Crippen molar-refractivity contribution in [3.63, 3.8) is 0 Å². The fourth-order valence-corrected chi connectivity index (χ4v) is 2.27. The summed E-state index contributed by atoms with van der Waals surface area (Å²) in [6.45, 7) is 7.79. The molecular weight excluding hydrogens is 242 g/mol. The molecule has 1 saturated heterocycles. The normalized spacial score (nSPS) is 21.9. The Labute approximate surface area is 114 Å². The first-order valence-electron chi connectivity index (χ1n) is 6.94. The number of nitrogens with zero attached hydrogens (tertiary/aromatic N) is 2. The van der Waals surface area contributed by atoms with Gasteiger partial charge in [-0.2, -0.15) is 0 Å². The zero-order chi connectivity index (χ0) is 13.7. The van der Waals surface area contributed by atoms with E-state index in [0.29, 0.717) is 18.5 Å². The van der Waals surface area contributed by atoms with Gasteiger partial charge in [-0.1, -0.05) is 6.92 Å². The first kappa shape index (κ1) is 14.1. The van der Waals surface area contributed by atoms with Gasteiger partial charge in [0.1, 0.15) is 12.1 Å². The maximum Gasteiger partial charge on any atom is 0.218 e. The van der Waals surface area contributed by atoms with E-state index < -0.39 is 0 Å². The third kappa shape index (κ3) is 4.35. The van der Waals surface area contributed by atoms with Crippen molar-refractivity contribution in [1.29, 1.82) is 0 Å². The molecule has 1 N–H and O–H groups in total. The molecule has 0 amide bonds. The van der Waals surface area contributed by atoms with E-state index in [-0.39, 0.29) is 5.60 Å². The fraction of sp³-hybridized carbons (Fsp3) is 0.714. The molecule has 0 aliphatic carbocycles. The van der Waals surface area contributed by atoms with Crippen molar-refractivity contribution < 1.29 is 9.47 Å². The van der Waals surface area contributed by atoms with Crippen LogP contribution in [0, 0.1) is 0 Å². The summed E-state index contributed by atoms with van der Waals surface area (Å²) in [5.74, 6) is 1.45. The highest BCUT2D eigenvalue weighted by molar-refractivity contribution is 5.38. The molecule has 0 saturated carbocycles. The molecule has 0 spiro atoms. The highest BCUT2D eigenvalue weighted by atomic mass is 16.5. The van der Waals surface area contributed by atoms with E-state index in [1.165, 1.54) is 6.33 Å². The van der Waals surface area contributed by atoms with Gasteiger partial charge in [0.05, 0.1) is 12.2 Å². The van der Waals surface area contributed by atoms with Crippen LogP contribution < -0.4 is 10.1 Å². The summed E-state index contributed by atoms with van der Waals surface area (Å²) in [6, 6.07) is 2.25. The van der Waals surface area contributed by atoms with Crippen molar-refractivity contribution >= 4 is 5.82 Å². The Kier molecular flexibility index (Phi) is 4.58. The summed E-state index contributed by atoms with van der Waals surface area (Å²) in [5.41, 5.74) is -0.0650. The van der Waals surface area contributed by atoms with Crippen LogP contribution in [0.4, 0.5) is 5.82 Å². The Morgan fingerprint density at radius 3 is 3.05 bits per heavy atom. The quantitative estimate of drug-likeness (QED) is 0.887. The van der Waals surface area contributed by atoms with E-state index in [0.717, 1.165) is 31.7 Å². The van der Waals surface area contributed by atoms with Crippen LogP contribution in [0.25, 0.3) is 0 Å². The average Bonchev–Trinajstić information content (AvgIpc) is 2.35. The molecule has 0 radical (unpaired) electrons. The van der Waals surface area contributed by atoms with Gasteiger partial charge in [-0.15, -0.1) is 0 Å². The van der Waals surface area contributed by atoms with Crippen molar-refractivity contribution in [2.75, 3.05) is 18.5 Å². The highest BCUT2D eigenvalue weighted by Gasteiger charge is 2.28. The van der Waals surface area contributed by atoms with Crippen molar-refractivity contribution in [1.82, 2.24) is 9.97 Å². The van der Waals surface area contributed by atoms with Crippen LogP contribution in [0.1, 0.15) is 40.0 Å². The van der Waals surface area contributed by atoms with Crippen molar-refractivity contribution in [3.05, 3.63) is 12.4 Å². The van der Waals surface area contributed by atoms with Gasteiger partial charge in [0.15, 0.2) is 0 Å². The van der Waals surface area contributed by atoms with Crippen LogP contribution >= 0.6 is 0 Å². The molecule has 1 unspecified atom stereocenters. The lowest BCUT2D eigenvalue weighted by molar-refractivity contribution is -0.0553. The lowest BCUT2D eigenvalue weighted by Crippen LogP contribution is -2.40. The number of hydrogen-bond acceptors (Lipinski definition) is 5. The van der Waals surface area contributed by atoms with Crippen molar-refractivity contribution in [2.45, 2.75) is 51.7 Å². The van der Waals surface area contributed by atoms with Crippen LogP contribution in [0.5, 0.6) is 5.88 Å². The minimum Gasteiger partial charge on any atom is -0.478 e. The maximum absolute atomic E-state index is 5.71. The number of aromatic nitrogens is 2. The number of ether oxygens (including phenoxy) is 2. The Bertz CT molecular complexity index is 409. The molecular formula is C14H23N3O2. The maximum atomic E-state index is 5.71. The molecule has 0 bridgehead atoms. The average molecular weight is 265 g/mol. The highest BCUT2D eigenvalue weighted by Crippen LogP contribution is 2.26. The molecule has 2 rings (SSSR count). The topological polar surface area (TPSA) is 56.3 Å². The smallest absolute Gasteiger partial charge is 0.218 e. The van der Waals surface area contributed by atoms with E-state index in [1.54, 1.807) is 0 Å². The molecule has 106 valence electrons. The van der Waals surface area contributed by atoms with Crippen LogP contribution in [0.15, 0.2) is 12.4 Å². The molecule has 1 aliphatic heterocycles. The standard InChI is InChI=1S/C14H23N3O2/c1-4-6-18-13-8-12(15-10-16-13)17-11-5-7-19-14(2,3)9-11/h8,10-11H,4-7,9H2,1-3H3,(H,15,16,17). The Morgan fingerprint density at radius 1 is 1.47 bits per heavy atom. The van der Waals surface area contributed by atoms with Crippen LogP contribution in [0.2, 0.25) is 0 Å². The summed E-state index contributed by atoms with van der Waals surface area (Å²) >= 11 is 0. The largest absolute Gasteiger partial charge is 0.478 e. The van der Waals surface area contributed by atoms with E-state index in [4.69, 9.17) is 9.47 Å². The van der Waals surface area contributed by atoms with Gasteiger partial charge in [0, 0.05) is 18.7 Å². The monoisotopic (exact) mass is 265 g/mol. The molecule has 1 fully saturated rings. The summed E-state index contributed by atoms with van der Waals surface area (Å²) in [4.78, 5) is 8.35. The molecule has 2 heterocycles. The van der Waals surface area contributed by atoms with E-state index in [2.05, 4.69) is 36.1 Å². The lowest BCUT2D eigenvalue weighted by atomic mass is 9.94. The van der Waals surface area contributed by atoms with Crippen molar-refractivity contribution in [3.8, 4) is 5.88 Å². The summed E-state index contributed by atoms with van der Waals surface area (Å²) in [5, 5.41) is 3.44. The van der Waals surface area contributed by atoms with E-state index in [1.807, 2.05) is 6.07 Å². The molecule has 1 aromatic rings. The number of hydrogen-bond donors (Lipinski definition) is 1. The van der Waals surface area contributed by atoms with Crippen LogP contribution in [-0.4, -0.2) is 34.8 Å². The predicted octanol–water partition coefficient (Wildman–Crippen LogP) is 2.63. The number of nitrogens with one attached hydrogen (secondary N) is 1. The molecule has 1 aliphatic rings. The van der Waals surface area contributed by atoms with E-state index >= 15 is 0 Å². The molecule has 1 aromatic heterocycles. The summed E-state index contributed by atoms with van der Waals surface area (Å²) in [6.07, 6.45) is 4.49. The molecule has 1 atom stereocenters. The fourth-order valence-electron chi connectivity index (χ4n) is 2.27. The zero-order valence-electron chi connectivity index (χ0n) is 12.0. The van der Waals surface area contributed by atoms with Gasteiger partial charge in [0.25, 0.3) is 0 Å². The Balaban J connectivity index is 1.94. The van der Waals surface area contributed by atoms with Gasteiger partial charge in [0.2, 0.25) is 5.88 Å². The second kappa shape index (κ2) is 6.19. The first-order chi connectivity index (χ1) is 9.09. The van der Waals surface area contributed by atoms with Gasteiger partial charge >= 0.3 is 0 Å². The minimum atomic E-state index is -0.0650. The Hall–Kier alpha value is -1.36. The third-order valence-electron chi connectivity index (χ3n) is 3.15. The lowest BCUT2D eigenvalue weighted by Gasteiger charge is -2.36. The summed E-state index contributed by atoms with van der Waals surface area (Å²) in [7, 11) is 0. The second-order valence-electron chi connectivity index (χ2n) is 5.53. The van der Waals surface area contributed by atoms with Crippen molar-refractivity contribution in [2.24, 2.45) is 0 Å². The minimum absolute atomic E-state index is 0.0650.